The first-order valence-electron chi connectivity index (χ1n) is 15.3. The second-order valence-electron chi connectivity index (χ2n) is 13.0. The zero-order chi connectivity index (χ0) is 29.7. The predicted octanol–water partition coefficient (Wildman–Crippen LogP) is 11.6. The van der Waals surface area contributed by atoms with E-state index in [4.69, 9.17) is 4.99 Å². The number of hydrogen-bond acceptors (Lipinski definition) is 1. The van der Waals surface area contributed by atoms with Crippen molar-refractivity contribution in [2.24, 2.45) is 4.99 Å². The van der Waals surface area contributed by atoms with Crippen LogP contribution >= 0.6 is 0 Å². The van der Waals surface area contributed by atoms with Gasteiger partial charge in [-0.3, -0.25) is 0 Å². The highest BCUT2D eigenvalue weighted by Gasteiger charge is 2.21. The van der Waals surface area contributed by atoms with Crippen molar-refractivity contribution in [1.82, 2.24) is 0 Å². The molecule has 0 fully saturated rings. The van der Waals surface area contributed by atoms with Crippen LogP contribution in [0.3, 0.4) is 0 Å². The van der Waals surface area contributed by atoms with Crippen LogP contribution in [0.25, 0.3) is 0 Å². The molecule has 0 aliphatic carbocycles. The fourth-order valence-corrected chi connectivity index (χ4v) is 5.47. The number of anilines is 2. The van der Waals surface area contributed by atoms with Crippen molar-refractivity contribution >= 4 is 23.0 Å². The fraction of sp³-hybridized carbons (Fsp3) is 0.486. The molecule has 0 atom stereocenters. The van der Waals surface area contributed by atoms with Gasteiger partial charge in [0, 0.05) is 11.4 Å². The van der Waals surface area contributed by atoms with Gasteiger partial charge in [-0.25, -0.2) is 4.99 Å². The summed E-state index contributed by atoms with van der Waals surface area (Å²) in [7, 11) is 0. The Morgan fingerprint density at radius 3 is 0.925 bits per heavy atom. The van der Waals surface area contributed by atoms with Crippen molar-refractivity contribution in [2.75, 3.05) is 10.6 Å². The van der Waals surface area contributed by atoms with Crippen LogP contribution in [0.15, 0.2) is 59.6 Å². The van der Waals surface area contributed by atoms with Gasteiger partial charge in [-0.2, -0.15) is 0 Å². The maximum atomic E-state index is 5.49. The van der Waals surface area contributed by atoms with E-state index >= 15 is 0 Å². The third-order valence-electron chi connectivity index (χ3n) is 7.80. The number of benzene rings is 3. The first-order valence-corrected chi connectivity index (χ1v) is 15.3. The molecular formula is C37H53N3. The number of nitrogens with one attached hydrogen (secondary N) is 2. The molecule has 40 heavy (non-hydrogen) atoms. The monoisotopic (exact) mass is 539 g/mol. The van der Waals surface area contributed by atoms with E-state index in [1.807, 2.05) is 0 Å². The minimum absolute atomic E-state index is 0.363. The second kappa shape index (κ2) is 13.5. The van der Waals surface area contributed by atoms with Crippen molar-refractivity contribution in [3.8, 4) is 0 Å². The summed E-state index contributed by atoms with van der Waals surface area (Å²) < 4.78 is 0. The van der Waals surface area contributed by atoms with Gasteiger partial charge in [0.1, 0.15) is 0 Å². The third kappa shape index (κ3) is 7.16. The Balaban J connectivity index is 2.36. The number of aliphatic imine (C=N–C) groups is 1. The highest BCUT2D eigenvalue weighted by molar-refractivity contribution is 6.07. The van der Waals surface area contributed by atoms with E-state index < -0.39 is 0 Å². The van der Waals surface area contributed by atoms with E-state index in [9.17, 15) is 0 Å². The lowest BCUT2D eigenvalue weighted by atomic mass is 9.92. The van der Waals surface area contributed by atoms with Gasteiger partial charge in [0.05, 0.1) is 5.69 Å². The molecule has 3 aromatic rings. The summed E-state index contributed by atoms with van der Waals surface area (Å²) in [4.78, 5) is 5.49. The van der Waals surface area contributed by atoms with E-state index in [2.05, 4.69) is 148 Å². The van der Waals surface area contributed by atoms with Crippen LogP contribution in [-0.4, -0.2) is 5.96 Å². The second-order valence-corrected chi connectivity index (χ2v) is 13.0. The Morgan fingerprint density at radius 2 is 0.675 bits per heavy atom. The minimum Gasteiger partial charge on any atom is -0.325 e. The number of para-hydroxylation sites is 3. The molecule has 216 valence electrons. The number of nitrogens with zero attached hydrogens (tertiary/aromatic N) is 1. The smallest absolute Gasteiger partial charge is 0.205 e. The number of rotatable bonds is 9. The van der Waals surface area contributed by atoms with Gasteiger partial charge < -0.3 is 10.6 Å². The van der Waals surface area contributed by atoms with Gasteiger partial charge in [0.15, 0.2) is 0 Å². The maximum absolute atomic E-state index is 5.49. The lowest BCUT2D eigenvalue weighted by Gasteiger charge is -2.26. The quantitative estimate of drug-likeness (QED) is 0.209. The van der Waals surface area contributed by atoms with Gasteiger partial charge in [-0.1, -0.05) is 138 Å². The molecule has 0 aliphatic rings. The van der Waals surface area contributed by atoms with Crippen molar-refractivity contribution < 1.29 is 0 Å². The molecule has 0 aliphatic heterocycles. The molecule has 0 saturated heterocycles. The Kier molecular flexibility index (Phi) is 10.6. The number of guanidine groups is 1. The first kappa shape index (κ1) is 31.5. The van der Waals surface area contributed by atoms with Crippen LogP contribution in [0.4, 0.5) is 17.1 Å². The number of hydrogen-bond donors (Lipinski definition) is 2. The van der Waals surface area contributed by atoms with Gasteiger partial charge in [-0.15, -0.1) is 0 Å². The molecule has 3 rings (SSSR count). The molecule has 0 bridgehead atoms. The molecule has 0 aromatic heterocycles. The van der Waals surface area contributed by atoms with E-state index in [0.717, 1.165) is 11.6 Å². The van der Waals surface area contributed by atoms with Crippen LogP contribution in [0, 0.1) is 0 Å². The zero-order valence-electron chi connectivity index (χ0n) is 27.1. The van der Waals surface area contributed by atoms with E-state index in [0.29, 0.717) is 35.5 Å². The molecule has 0 unspecified atom stereocenters. The molecule has 0 heterocycles. The van der Waals surface area contributed by atoms with E-state index in [-0.39, 0.29) is 0 Å². The maximum Gasteiger partial charge on any atom is 0.205 e. The SMILES string of the molecule is CC(C)c1cccc(C(C)C)c1N=C(Nc1c(C(C)C)cccc1C(C)C)Nc1c(C(C)C)cccc1C(C)C. The third-order valence-corrected chi connectivity index (χ3v) is 7.80. The molecule has 3 aromatic carbocycles. The normalized spacial score (nSPS) is 11.8. The lowest BCUT2D eigenvalue weighted by Crippen LogP contribution is -2.26. The summed E-state index contributed by atoms with van der Waals surface area (Å²) in [6.45, 7) is 27.2. The van der Waals surface area contributed by atoms with Crippen molar-refractivity contribution in [3.63, 3.8) is 0 Å². The van der Waals surface area contributed by atoms with Gasteiger partial charge in [0.25, 0.3) is 0 Å². The summed E-state index contributed by atoms with van der Waals surface area (Å²) in [6.07, 6.45) is 0. The fourth-order valence-electron chi connectivity index (χ4n) is 5.47. The Labute approximate surface area is 244 Å². The van der Waals surface area contributed by atoms with Crippen LogP contribution in [-0.2, 0) is 0 Å². The van der Waals surface area contributed by atoms with E-state index in [1.54, 1.807) is 0 Å². The first-order chi connectivity index (χ1) is 18.8. The van der Waals surface area contributed by atoms with Gasteiger partial charge in [-0.05, 0) is 68.9 Å². The largest absolute Gasteiger partial charge is 0.325 e. The summed E-state index contributed by atoms with van der Waals surface area (Å²) in [5.41, 5.74) is 11.2. The predicted molar refractivity (Wildman–Crippen MR) is 178 cm³/mol. The zero-order valence-corrected chi connectivity index (χ0v) is 27.1. The molecule has 3 nitrogen and oxygen atoms in total. The molecule has 3 heteroatoms. The van der Waals surface area contributed by atoms with Crippen molar-refractivity contribution in [2.45, 2.75) is 119 Å². The minimum atomic E-state index is 0.363. The van der Waals surface area contributed by atoms with Gasteiger partial charge >= 0.3 is 0 Å². The van der Waals surface area contributed by atoms with Crippen molar-refractivity contribution in [3.05, 3.63) is 88.0 Å². The summed E-state index contributed by atoms with van der Waals surface area (Å²) in [5.74, 6) is 3.03. The summed E-state index contributed by atoms with van der Waals surface area (Å²) in [6, 6.07) is 20.0. The molecule has 0 amide bonds. The Morgan fingerprint density at radius 1 is 0.425 bits per heavy atom. The molecule has 0 radical (unpaired) electrons. The van der Waals surface area contributed by atoms with E-state index in [1.165, 1.54) is 44.8 Å². The average Bonchev–Trinajstić information content (AvgIpc) is 2.88. The Bertz CT molecular complexity index is 1160. The summed E-state index contributed by atoms with van der Waals surface area (Å²) >= 11 is 0. The lowest BCUT2D eigenvalue weighted by molar-refractivity contribution is 0.833. The average molecular weight is 540 g/mol. The van der Waals surface area contributed by atoms with Crippen LogP contribution < -0.4 is 10.6 Å². The van der Waals surface area contributed by atoms with Crippen LogP contribution in [0.1, 0.15) is 152 Å². The Hall–Kier alpha value is -3.07. The van der Waals surface area contributed by atoms with Crippen molar-refractivity contribution in [1.29, 1.82) is 0 Å². The van der Waals surface area contributed by atoms with Crippen LogP contribution in [0.2, 0.25) is 0 Å². The summed E-state index contributed by atoms with van der Waals surface area (Å²) in [5, 5.41) is 7.76. The van der Waals surface area contributed by atoms with Crippen LogP contribution in [0.5, 0.6) is 0 Å². The molecular weight excluding hydrogens is 486 g/mol. The molecule has 0 saturated carbocycles. The topological polar surface area (TPSA) is 36.4 Å². The standard InChI is InChI=1S/C37H53N3/c1-22(2)28-16-13-17-29(23(3)4)34(28)38-37(39-35-30(24(5)6)18-14-19-31(35)25(7)8)40-36-32(26(9)10)20-15-21-33(36)27(11)12/h13-27H,1-12H3,(H2,38,39,40). The highest BCUT2D eigenvalue weighted by Crippen LogP contribution is 2.38. The highest BCUT2D eigenvalue weighted by atomic mass is 15.2. The molecule has 2 N–H and O–H groups in total. The molecule has 0 spiro atoms. The van der Waals surface area contributed by atoms with Gasteiger partial charge in [0.2, 0.25) is 5.96 Å².